The number of hydrogen-bond acceptors (Lipinski definition) is 5. The molecule has 6 heteroatoms. The van der Waals surface area contributed by atoms with Gasteiger partial charge in [0.25, 0.3) is 5.91 Å². The van der Waals surface area contributed by atoms with E-state index in [0.717, 1.165) is 0 Å². The van der Waals surface area contributed by atoms with Crippen LogP contribution in [0.1, 0.15) is 10.4 Å². The molecule has 0 aliphatic heterocycles. The second-order valence-corrected chi connectivity index (χ2v) is 4.20. The third-order valence-electron chi connectivity index (χ3n) is 2.93. The van der Waals surface area contributed by atoms with E-state index in [0.29, 0.717) is 28.6 Å². The number of ether oxygens (including phenoxy) is 2. The Kier molecular flexibility index (Phi) is 4.61. The van der Waals surface area contributed by atoms with Crippen LogP contribution in [0.4, 0.5) is 11.5 Å². The normalized spacial score (nSPS) is 9.86. The highest BCUT2D eigenvalue weighted by atomic mass is 16.5. The molecule has 0 unspecified atom stereocenters. The van der Waals surface area contributed by atoms with Gasteiger partial charge in [0.15, 0.2) is 0 Å². The van der Waals surface area contributed by atoms with E-state index in [9.17, 15) is 4.79 Å². The summed E-state index contributed by atoms with van der Waals surface area (Å²) >= 11 is 0. The zero-order chi connectivity index (χ0) is 15.2. The second-order valence-electron chi connectivity index (χ2n) is 4.20. The van der Waals surface area contributed by atoms with Crippen LogP contribution in [0.15, 0.2) is 36.5 Å². The predicted molar refractivity (Wildman–Crippen MR) is 81.3 cm³/mol. The largest absolute Gasteiger partial charge is 0.497 e. The van der Waals surface area contributed by atoms with E-state index in [-0.39, 0.29) is 5.91 Å². The molecule has 6 nitrogen and oxygen atoms in total. The lowest BCUT2D eigenvalue weighted by atomic mass is 10.2. The van der Waals surface area contributed by atoms with Gasteiger partial charge >= 0.3 is 0 Å². The van der Waals surface area contributed by atoms with Gasteiger partial charge in [0, 0.05) is 24.9 Å². The molecule has 0 aliphatic rings. The first-order valence-electron chi connectivity index (χ1n) is 6.35. The number of benzene rings is 1. The molecule has 0 atom stereocenters. The zero-order valence-electron chi connectivity index (χ0n) is 12.1. The molecule has 2 aromatic rings. The summed E-state index contributed by atoms with van der Waals surface area (Å²) < 4.78 is 10.4. The summed E-state index contributed by atoms with van der Waals surface area (Å²) in [7, 11) is 4.85. The Morgan fingerprint density at radius 1 is 1.14 bits per heavy atom. The lowest BCUT2D eigenvalue weighted by Crippen LogP contribution is -2.13. The number of hydrogen-bond donors (Lipinski definition) is 2. The van der Waals surface area contributed by atoms with Gasteiger partial charge in [0.05, 0.1) is 19.9 Å². The molecule has 1 aromatic carbocycles. The van der Waals surface area contributed by atoms with Crippen molar-refractivity contribution in [2.45, 2.75) is 0 Å². The molecule has 110 valence electrons. The van der Waals surface area contributed by atoms with Gasteiger partial charge in [0.2, 0.25) is 0 Å². The minimum absolute atomic E-state index is 0.250. The summed E-state index contributed by atoms with van der Waals surface area (Å²) in [6, 6.07) is 8.52. The maximum absolute atomic E-state index is 12.3. The molecule has 0 spiro atoms. The smallest absolute Gasteiger partial charge is 0.255 e. The van der Waals surface area contributed by atoms with Crippen LogP contribution >= 0.6 is 0 Å². The summed E-state index contributed by atoms with van der Waals surface area (Å²) in [6.45, 7) is 0. The lowest BCUT2D eigenvalue weighted by molar-refractivity contribution is 0.102. The highest BCUT2D eigenvalue weighted by Crippen LogP contribution is 2.29. The number of carbonyl (C=O) groups is 1. The third kappa shape index (κ3) is 3.42. The summed E-state index contributed by atoms with van der Waals surface area (Å²) in [6.07, 6.45) is 1.57. The van der Waals surface area contributed by atoms with E-state index < -0.39 is 0 Å². The minimum atomic E-state index is -0.250. The monoisotopic (exact) mass is 287 g/mol. The van der Waals surface area contributed by atoms with Crippen LogP contribution in [-0.4, -0.2) is 32.2 Å². The topological polar surface area (TPSA) is 72.5 Å². The Hall–Kier alpha value is -2.76. The second kappa shape index (κ2) is 6.60. The summed E-state index contributed by atoms with van der Waals surface area (Å²) in [5.41, 5.74) is 1.05. The first kappa shape index (κ1) is 14.6. The van der Waals surface area contributed by atoms with Crippen LogP contribution < -0.4 is 20.1 Å². The van der Waals surface area contributed by atoms with E-state index >= 15 is 0 Å². The maximum atomic E-state index is 12.3. The van der Waals surface area contributed by atoms with E-state index in [4.69, 9.17) is 9.47 Å². The molecule has 0 aliphatic carbocycles. The predicted octanol–water partition coefficient (Wildman–Crippen LogP) is 2.39. The minimum Gasteiger partial charge on any atom is -0.497 e. The van der Waals surface area contributed by atoms with Crippen molar-refractivity contribution in [3.63, 3.8) is 0 Å². The zero-order valence-corrected chi connectivity index (χ0v) is 12.1. The molecule has 0 radical (unpaired) electrons. The average molecular weight is 287 g/mol. The highest BCUT2D eigenvalue weighted by Gasteiger charge is 2.11. The Morgan fingerprint density at radius 3 is 2.62 bits per heavy atom. The molecular weight excluding hydrogens is 270 g/mol. The van der Waals surface area contributed by atoms with Gasteiger partial charge in [-0.25, -0.2) is 4.98 Å². The van der Waals surface area contributed by atoms with Gasteiger partial charge in [0.1, 0.15) is 17.3 Å². The maximum Gasteiger partial charge on any atom is 0.255 e. The van der Waals surface area contributed by atoms with Crippen molar-refractivity contribution in [1.29, 1.82) is 0 Å². The van der Waals surface area contributed by atoms with Crippen LogP contribution in [0.25, 0.3) is 0 Å². The van der Waals surface area contributed by atoms with Crippen LogP contribution in [0.5, 0.6) is 11.5 Å². The number of nitrogens with zero attached hydrogens (tertiary/aromatic N) is 1. The van der Waals surface area contributed by atoms with Crippen molar-refractivity contribution in [1.82, 2.24) is 4.98 Å². The number of aromatic nitrogens is 1. The SMILES string of the molecule is CNc1cc(C(=O)Nc2cc(OC)ccc2OC)ccn1. The molecule has 0 saturated heterocycles. The molecule has 2 N–H and O–H groups in total. The first-order chi connectivity index (χ1) is 10.2. The summed E-state index contributed by atoms with van der Waals surface area (Å²) in [5.74, 6) is 1.57. The molecular formula is C15H17N3O3. The molecule has 1 heterocycles. The number of carbonyl (C=O) groups excluding carboxylic acids is 1. The summed E-state index contributed by atoms with van der Waals surface area (Å²) in [4.78, 5) is 16.4. The van der Waals surface area contributed by atoms with Crippen molar-refractivity contribution in [2.75, 3.05) is 31.9 Å². The molecule has 21 heavy (non-hydrogen) atoms. The Labute approximate surface area is 123 Å². The third-order valence-corrected chi connectivity index (χ3v) is 2.93. The molecule has 0 saturated carbocycles. The highest BCUT2D eigenvalue weighted by molar-refractivity contribution is 6.05. The van der Waals surface area contributed by atoms with Gasteiger partial charge in [-0.1, -0.05) is 0 Å². The summed E-state index contributed by atoms with van der Waals surface area (Å²) in [5, 5.41) is 5.70. The number of pyridine rings is 1. The molecule has 0 fully saturated rings. The van der Waals surface area contributed by atoms with Crippen molar-refractivity contribution < 1.29 is 14.3 Å². The van der Waals surface area contributed by atoms with Crippen LogP contribution in [0, 0.1) is 0 Å². The molecule has 2 rings (SSSR count). The fourth-order valence-electron chi connectivity index (χ4n) is 1.81. The van der Waals surface area contributed by atoms with E-state index in [1.807, 2.05) is 0 Å². The van der Waals surface area contributed by atoms with E-state index in [1.165, 1.54) is 0 Å². The quantitative estimate of drug-likeness (QED) is 0.883. The molecule has 0 bridgehead atoms. The fourth-order valence-corrected chi connectivity index (χ4v) is 1.81. The first-order valence-corrected chi connectivity index (χ1v) is 6.35. The van der Waals surface area contributed by atoms with Gasteiger partial charge in [-0.2, -0.15) is 0 Å². The van der Waals surface area contributed by atoms with Crippen molar-refractivity contribution in [3.05, 3.63) is 42.1 Å². The number of amides is 1. The Morgan fingerprint density at radius 2 is 1.95 bits per heavy atom. The number of nitrogens with one attached hydrogen (secondary N) is 2. The fraction of sp³-hybridized carbons (Fsp3) is 0.200. The average Bonchev–Trinajstić information content (AvgIpc) is 2.54. The van der Waals surface area contributed by atoms with Crippen LogP contribution in [0.2, 0.25) is 0 Å². The van der Waals surface area contributed by atoms with Crippen molar-refractivity contribution >= 4 is 17.4 Å². The van der Waals surface area contributed by atoms with Gasteiger partial charge in [-0.3, -0.25) is 4.79 Å². The Balaban J connectivity index is 2.25. The number of anilines is 2. The number of methoxy groups -OCH3 is 2. The van der Waals surface area contributed by atoms with E-state index in [2.05, 4.69) is 15.6 Å². The van der Waals surface area contributed by atoms with Gasteiger partial charge < -0.3 is 20.1 Å². The number of rotatable bonds is 5. The van der Waals surface area contributed by atoms with Crippen LogP contribution in [-0.2, 0) is 0 Å². The molecule has 1 aromatic heterocycles. The molecule has 1 amide bonds. The van der Waals surface area contributed by atoms with Gasteiger partial charge in [-0.05, 0) is 24.3 Å². The van der Waals surface area contributed by atoms with Crippen LogP contribution in [0.3, 0.4) is 0 Å². The van der Waals surface area contributed by atoms with Crippen molar-refractivity contribution in [2.24, 2.45) is 0 Å². The standard InChI is InChI=1S/C15H17N3O3/c1-16-14-8-10(6-7-17-14)15(19)18-12-9-11(20-2)4-5-13(12)21-3/h4-9H,1-3H3,(H,16,17)(H,18,19). The van der Waals surface area contributed by atoms with Gasteiger partial charge in [-0.15, -0.1) is 0 Å². The van der Waals surface area contributed by atoms with E-state index in [1.54, 1.807) is 57.8 Å². The lowest BCUT2D eigenvalue weighted by Gasteiger charge is -2.12. The van der Waals surface area contributed by atoms with Crippen molar-refractivity contribution in [3.8, 4) is 11.5 Å². The Bertz CT molecular complexity index is 644.